The highest BCUT2D eigenvalue weighted by molar-refractivity contribution is 6.00. The Morgan fingerprint density at radius 2 is 1.68 bits per heavy atom. The number of hydrogen-bond acceptors (Lipinski definition) is 3. The molecule has 3 aromatic rings. The summed E-state index contributed by atoms with van der Waals surface area (Å²) in [5.74, 6) is -0.0882. The van der Waals surface area contributed by atoms with Crippen LogP contribution >= 0.6 is 0 Å². The van der Waals surface area contributed by atoms with Crippen molar-refractivity contribution < 1.29 is 14.3 Å². The number of fused-ring (bicyclic) bond motifs is 1. The fourth-order valence-electron chi connectivity index (χ4n) is 2.03. The van der Waals surface area contributed by atoms with Crippen molar-refractivity contribution in [1.82, 2.24) is 0 Å². The minimum Gasteiger partial charge on any atom is -0.458 e. The second-order valence-corrected chi connectivity index (χ2v) is 4.32. The average Bonchev–Trinajstić information content (AvgIpc) is 2.90. The first-order valence-electron chi connectivity index (χ1n) is 6.01. The minimum atomic E-state index is -1.27. The molecule has 3 rings (SSSR count). The van der Waals surface area contributed by atoms with E-state index in [1.54, 1.807) is 36.4 Å². The zero-order chi connectivity index (χ0) is 13.2. The standard InChI is InChI=1S/C16H12O3/c17-15(11-6-2-1-3-7-11)16(18)14-10-12-8-4-5-9-13(12)19-14/h1-10,16,18H. The van der Waals surface area contributed by atoms with Gasteiger partial charge in [0.05, 0.1) is 0 Å². The van der Waals surface area contributed by atoms with E-state index in [0.29, 0.717) is 11.1 Å². The molecule has 0 aliphatic heterocycles. The molecule has 3 heteroatoms. The minimum absolute atomic E-state index is 0.273. The van der Waals surface area contributed by atoms with Crippen molar-refractivity contribution in [3.05, 3.63) is 72.0 Å². The van der Waals surface area contributed by atoms with Crippen LogP contribution in [0.15, 0.2) is 65.1 Å². The summed E-state index contributed by atoms with van der Waals surface area (Å²) >= 11 is 0. The van der Waals surface area contributed by atoms with Gasteiger partial charge in [0.1, 0.15) is 11.3 Å². The molecule has 0 saturated heterocycles. The molecule has 1 unspecified atom stereocenters. The molecular formula is C16H12O3. The number of benzene rings is 2. The van der Waals surface area contributed by atoms with Gasteiger partial charge in [-0.2, -0.15) is 0 Å². The van der Waals surface area contributed by atoms with E-state index < -0.39 is 6.10 Å². The number of furan rings is 1. The third-order valence-corrected chi connectivity index (χ3v) is 3.02. The highest BCUT2D eigenvalue weighted by atomic mass is 16.4. The van der Waals surface area contributed by atoms with Gasteiger partial charge in [0.25, 0.3) is 0 Å². The van der Waals surface area contributed by atoms with Crippen LogP contribution in [0.1, 0.15) is 22.2 Å². The molecule has 0 aliphatic carbocycles. The predicted octanol–water partition coefficient (Wildman–Crippen LogP) is 3.35. The number of aliphatic hydroxyl groups is 1. The number of hydrogen-bond donors (Lipinski definition) is 1. The van der Waals surface area contributed by atoms with Crippen LogP contribution in [0.4, 0.5) is 0 Å². The van der Waals surface area contributed by atoms with Gasteiger partial charge >= 0.3 is 0 Å². The van der Waals surface area contributed by atoms with Crippen LogP contribution in [0.5, 0.6) is 0 Å². The first-order valence-corrected chi connectivity index (χ1v) is 6.01. The fraction of sp³-hybridized carbons (Fsp3) is 0.0625. The summed E-state index contributed by atoms with van der Waals surface area (Å²) in [6.07, 6.45) is -1.27. The van der Waals surface area contributed by atoms with Crippen molar-refractivity contribution in [3.63, 3.8) is 0 Å². The SMILES string of the molecule is O=C(c1ccccc1)C(O)c1cc2ccccc2o1. The Kier molecular flexibility index (Phi) is 2.89. The maximum Gasteiger partial charge on any atom is 0.199 e. The summed E-state index contributed by atoms with van der Waals surface area (Å²) in [7, 11) is 0. The van der Waals surface area contributed by atoms with E-state index in [1.165, 1.54) is 0 Å². The topological polar surface area (TPSA) is 50.4 Å². The fourth-order valence-corrected chi connectivity index (χ4v) is 2.03. The predicted molar refractivity (Wildman–Crippen MR) is 71.9 cm³/mol. The molecule has 0 radical (unpaired) electrons. The average molecular weight is 252 g/mol. The molecule has 1 N–H and O–H groups in total. The number of para-hydroxylation sites is 1. The highest BCUT2D eigenvalue weighted by Crippen LogP contribution is 2.25. The summed E-state index contributed by atoms with van der Waals surface area (Å²) in [5, 5.41) is 11.0. The smallest absolute Gasteiger partial charge is 0.199 e. The molecule has 0 fully saturated rings. The van der Waals surface area contributed by atoms with Gasteiger partial charge in [-0.1, -0.05) is 48.5 Å². The maximum absolute atomic E-state index is 12.1. The van der Waals surface area contributed by atoms with Crippen LogP contribution in [0.25, 0.3) is 11.0 Å². The van der Waals surface area contributed by atoms with Gasteiger partial charge < -0.3 is 9.52 Å². The second kappa shape index (κ2) is 4.71. The Labute approximate surface area is 110 Å². The van der Waals surface area contributed by atoms with E-state index in [4.69, 9.17) is 4.42 Å². The molecular weight excluding hydrogens is 240 g/mol. The maximum atomic E-state index is 12.1. The largest absolute Gasteiger partial charge is 0.458 e. The van der Waals surface area contributed by atoms with E-state index in [-0.39, 0.29) is 11.5 Å². The van der Waals surface area contributed by atoms with Gasteiger partial charge in [0.2, 0.25) is 0 Å². The van der Waals surface area contributed by atoms with Crippen LogP contribution < -0.4 is 0 Å². The monoisotopic (exact) mass is 252 g/mol. The number of rotatable bonds is 3. The lowest BCUT2D eigenvalue weighted by Gasteiger charge is -2.06. The lowest BCUT2D eigenvalue weighted by Crippen LogP contribution is -2.11. The molecule has 2 aromatic carbocycles. The summed E-state index contributed by atoms with van der Waals surface area (Å²) in [6.45, 7) is 0. The molecule has 1 aromatic heterocycles. The number of aliphatic hydroxyl groups excluding tert-OH is 1. The lowest BCUT2D eigenvalue weighted by atomic mass is 10.0. The Hall–Kier alpha value is -2.39. The van der Waals surface area contributed by atoms with Crippen LogP contribution in [0.3, 0.4) is 0 Å². The van der Waals surface area contributed by atoms with Gasteiger partial charge in [-0.25, -0.2) is 0 Å². The Morgan fingerprint density at radius 3 is 2.42 bits per heavy atom. The third-order valence-electron chi connectivity index (χ3n) is 3.02. The molecule has 0 amide bonds. The number of carbonyl (C=O) groups is 1. The number of ketones is 1. The van der Waals surface area contributed by atoms with Gasteiger partial charge in [0, 0.05) is 10.9 Å². The number of Topliss-reactive ketones (excluding diaryl/α,β-unsaturated/α-hetero) is 1. The highest BCUT2D eigenvalue weighted by Gasteiger charge is 2.22. The molecule has 1 heterocycles. The van der Waals surface area contributed by atoms with E-state index in [2.05, 4.69) is 0 Å². The van der Waals surface area contributed by atoms with Crippen LogP contribution in [0.2, 0.25) is 0 Å². The van der Waals surface area contributed by atoms with Crippen LogP contribution in [0, 0.1) is 0 Å². The number of carbonyl (C=O) groups excluding carboxylic acids is 1. The quantitative estimate of drug-likeness (QED) is 0.727. The molecule has 3 nitrogen and oxygen atoms in total. The van der Waals surface area contributed by atoms with E-state index in [0.717, 1.165) is 5.39 Å². The van der Waals surface area contributed by atoms with Crippen molar-refractivity contribution in [1.29, 1.82) is 0 Å². The zero-order valence-electron chi connectivity index (χ0n) is 10.1. The molecule has 0 bridgehead atoms. The zero-order valence-corrected chi connectivity index (χ0v) is 10.1. The van der Waals surface area contributed by atoms with Crippen LogP contribution in [-0.2, 0) is 0 Å². The van der Waals surface area contributed by atoms with Crippen molar-refractivity contribution in [2.24, 2.45) is 0 Å². The summed E-state index contributed by atoms with van der Waals surface area (Å²) in [6, 6.07) is 17.8. The molecule has 1 atom stereocenters. The second-order valence-electron chi connectivity index (χ2n) is 4.32. The van der Waals surface area contributed by atoms with E-state index >= 15 is 0 Å². The molecule has 0 aliphatic rings. The first-order chi connectivity index (χ1) is 9.25. The third kappa shape index (κ3) is 2.16. The summed E-state index contributed by atoms with van der Waals surface area (Å²) in [5.41, 5.74) is 1.13. The van der Waals surface area contributed by atoms with Crippen molar-refractivity contribution in [2.45, 2.75) is 6.10 Å². The van der Waals surface area contributed by atoms with E-state index in [9.17, 15) is 9.90 Å². The Balaban J connectivity index is 1.95. The van der Waals surface area contributed by atoms with Crippen molar-refractivity contribution >= 4 is 16.8 Å². The summed E-state index contributed by atoms with van der Waals surface area (Å²) < 4.78 is 5.50. The normalized spacial score (nSPS) is 12.5. The Bertz CT molecular complexity index is 680. The molecule has 0 saturated carbocycles. The van der Waals surface area contributed by atoms with Crippen molar-refractivity contribution in [2.75, 3.05) is 0 Å². The van der Waals surface area contributed by atoms with Gasteiger partial charge in [-0.05, 0) is 12.1 Å². The van der Waals surface area contributed by atoms with E-state index in [1.807, 2.05) is 24.3 Å². The van der Waals surface area contributed by atoms with Crippen LogP contribution in [-0.4, -0.2) is 10.9 Å². The first kappa shape index (κ1) is 11.7. The van der Waals surface area contributed by atoms with Gasteiger partial charge in [-0.15, -0.1) is 0 Å². The van der Waals surface area contributed by atoms with Crippen molar-refractivity contribution in [3.8, 4) is 0 Å². The lowest BCUT2D eigenvalue weighted by molar-refractivity contribution is 0.0707. The summed E-state index contributed by atoms with van der Waals surface area (Å²) in [4.78, 5) is 12.1. The molecule has 19 heavy (non-hydrogen) atoms. The van der Waals surface area contributed by atoms with Gasteiger partial charge in [0.15, 0.2) is 11.9 Å². The van der Waals surface area contributed by atoms with Gasteiger partial charge in [-0.3, -0.25) is 4.79 Å². The molecule has 94 valence electrons. The molecule has 0 spiro atoms. The Morgan fingerprint density at radius 1 is 1.00 bits per heavy atom.